The number of nitrogens with two attached hydrogens (primary N) is 1. The molecule has 0 radical (unpaired) electrons. The molecular weight excluding hydrogens is 216 g/mol. The number of nitrogen functional groups attached to an aromatic ring is 1. The van der Waals surface area contributed by atoms with E-state index in [4.69, 9.17) is 15.2 Å². The van der Waals surface area contributed by atoms with Crippen molar-refractivity contribution in [2.45, 2.75) is 19.4 Å². The van der Waals surface area contributed by atoms with Gasteiger partial charge >= 0.3 is 0 Å². The zero-order valence-electron chi connectivity index (χ0n) is 10.4. The SMILES string of the molecule is COc1cccc(NCC2CCOC2C)c1N. The zero-order valence-corrected chi connectivity index (χ0v) is 10.4. The molecule has 0 aromatic heterocycles. The van der Waals surface area contributed by atoms with Crippen LogP contribution in [0, 0.1) is 5.92 Å². The van der Waals surface area contributed by atoms with E-state index in [-0.39, 0.29) is 0 Å². The van der Waals surface area contributed by atoms with Gasteiger partial charge in [-0.3, -0.25) is 0 Å². The topological polar surface area (TPSA) is 56.5 Å². The Balaban J connectivity index is 1.99. The summed E-state index contributed by atoms with van der Waals surface area (Å²) in [7, 11) is 1.63. The van der Waals surface area contributed by atoms with Crippen molar-refractivity contribution in [2.75, 3.05) is 31.3 Å². The van der Waals surface area contributed by atoms with E-state index in [1.807, 2.05) is 18.2 Å². The molecule has 0 amide bonds. The number of anilines is 2. The van der Waals surface area contributed by atoms with Gasteiger partial charge in [0.05, 0.1) is 24.6 Å². The minimum absolute atomic E-state index is 0.328. The fourth-order valence-electron chi connectivity index (χ4n) is 2.16. The third-order valence-corrected chi connectivity index (χ3v) is 3.37. The molecule has 3 N–H and O–H groups in total. The largest absolute Gasteiger partial charge is 0.495 e. The number of methoxy groups -OCH3 is 1. The molecular formula is C13H20N2O2. The van der Waals surface area contributed by atoms with Crippen LogP contribution in [0.5, 0.6) is 5.75 Å². The first-order valence-corrected chi connectivity index (χ1v) is 6.00. The maximum Gasteiger partial charge on any atom is 0.143 e. The van der Waals surface area contributed by atoms with Crippen molar-refractivity contribution in [1.82, 2.24) is 0 Å². The van der Waals surface area contributed by atoms with Gasteiger partial charge in [0.25, 0.3) is 0 Å². The highest BCUT2D eigenvalue weighted by Gasteiger charge is 2.23. The quantitative estimate of drug-likeness (QED) is 0.786. The van der Waals surface area contributed by atoms with E-state index in [0.717, 1.165) is 25.3 Å². The standard InChI is InChI=1S/C13H20N2O2/c1-9-10(6-7-17-9)8-15-11-4-3-5-12(16-2)13(11)14/h3-5,9-10,15H,6-8,14H2,1-2H3. The first-order valence-electron chi connectivity index (χ1n) is 6.00. The molecule has 1 saturated heterocycles. The average molecular weight is 236 g/mol. The third-order valence-electron chi connectivity index (χ3n) is 3.37. The van der Waals surface area contributed by atoms with Crippen LogP contribution in [0.15, 0.2) is 18.2 Å². The molecule has 1 heterocycles. The highest BCUT2D eigenvalue weighted by Crippen LogP contribution is 2.30. The van der Waals surface area contributed by atoms with Crippen LogP contribution in [-0.4, -0.2) is 26.4 Å². The molecule has 4 heteroatoms. The van der Waals surface area contributed by atoms with Crippen molar-refractivity contribution in [3.63, 3.8) is 0 Å². The summed E-state index contributed by atoms with van der Waals surface area (Å²) >= 11 is 0. The summed E-state index contributed by atoms with van der Waals surface area (Å²) in [5, 5.41) is 3.38. The van der Waals surface area contributed by atoms with E-state index in [1.165, 1.54) is 0 Å². The van der Waals surface area contributed by atoms with Crippen LogP contribution in [0.3, 0.4) is 0 Å². The predicted molar refractivity (Wildman–Crippen MR) is 69.4 cm³/mol. The lowest BCUT2D eigenvalue weighted by Crippen LogP contribution is -2.21. The zero-order chi connectivity index (χ0) is 12.3. The summed E-state index contributed by atoms with van der Waals surface area (Å²) in [6.45, 7) is 3.87. The number of para-hydroxylation sites is 1. The van der Waals surface area contributed by atoms with Crippen molar-refractivity contribution in [3.8, 4) is 5.75 Å². The van der Waals surface area contributed by atoms with Crippen LogP contribution in [0.1, 0.15) is 13.3 Å². The molecule has 0 aliphatic carbocycles. The molecule has 1 aromatic rings. The maximum absolute atomic E-state index is 5.99. The monoisotopic (exact) mass is 236 g/mol. The highest BCUT2D eigenvalue weighted by molar-refractivity contribution is 5.72. The summed E-state index contributed by atoms with van der Waals surface area (Å²) in [6, 6.07) is 5.77. The highest BCUT2D eigenvalue weighted by atomic mass is 16.5. The molecule has 0 bridgehead atoms. The van der Waals surface area contributed by atoms with Gasteiger partial charge in [-0.1, -0.05) is 6.07 Å². The van der Waals surface area contributed by atoms with Crippen molar-refractivity contribution in [3.05, 3.63) is 18.2 Å². The first-order chi connectivity index (χ1) is 8.22. The number of hydrogen-bond donors (Lipinski definition) is 2. The van der Waals surface area contributed by atoms with Crippen molar-refractivity contribution < 1.29 is 9.47 Å². The second-order valence-electron chi connectivity index (χ2n) is 4.43. The van der Waals surface area contributed by atoms with Gasteiger partial charge in [-0.2, -0.15) is 0 Å². The number of hydrogen-bond acceptors (Lipinski definition) is 4. The number of rotatable bonds is 4. The Morgan fingerprint density at radius 2 is 2.35 bits per heavy atom. The molecule has 2 rings (SSSR count). The van der Waals surface area contributed by atoms with Crippen molar-refractivity contribution in [1.29, 1.82) is 0 Å². The molecule has 2 atom stereocenters. The van der Waals surface area contributed by atoms with E-state index < -0.39 is 0 Å². The van der Waals surface area contributed by atoms with Gasteiger partial charge in [0.2, 0.25) is 0 Å². The van der Waals surface area contributed by atoms with Gasteiger partial charge < -0.3 is 20.5 Å². The lowest BCUT2D eigenvalue weighted by Gasteiger charge is -2.17. The van der Waals surface area contributed by atoms with Crippen LogP contribution in [0.2, 0.25) is 0 Å². The molecule has 94 valence electrons. The van der Waals surface area contributed by atoms with Crippen LogP contribution in [0.25, 0.3) is 0 Å². The number of ether oxygens (including phenoxy) is 2. The predicted octanol–water partition coefficient (Wildman–Crippen LogP) is 2.11. The summed E-state index contributed by atoms with van der Waals surface area (Å²) in [4.78, 5) is 0. The fraction of sp³-hybridized carbons (Fsp3) is 0.538. The van der Waals surface area contributed by atoms with Crippen LogP contribution < -0.4 is 15.8 Å². The Kier molecular flexibility index (Phi) is 3.74. The Morgan fingerprint density at radius 3 is 3.00 bits per heavy atom. The molecule has 0 saturated carbocycles. The Hall–Kier alpha value is -1.42. The minimum Gasteiger partial charge on any atom is -0.495 e. The van der Waals surface area contributed by atoms with E-state index in [2.05, 4.69) is 12.2 Å². The summed E-state index contributed by atoms with van der Waals surface area (Å²) < 4.78 is 10.7. The molecule has 1 aromatic carbocycles. The second kappa shape index (κ2) is 5.27. The minimum atomic E-state index is 0.328. The van der Waals surface area contributed by atoms with Gasteiger partial charge in [-0.25, -0.2) is 0 Å². The molecule has 17 heavy (non-hydrogen) atoms. The van der Waals surface area contributed by atoms with E-state index in [9.17, 15) is 0 Å². The molecule has 4 nitrogen and oxygen atoms in total. The number of benzene rings is 1. The van der Waals surface area contributed by atoms with E-state index in [0.29, 0.717) is 23.5 Å². The second-order valence-corrected chi connectivity index (χ2v) is 4.43. The normalized spacial score (nSPS) is 23.6. The molecule has 0 spiro atoms. The third kappa shape index (κ3) is 2.64. The fourth-order valence-corrected chi connectivity index (χ4v) is 2.16. The Labute approximate surface area is 102 Å². The molecule has 1 aliphatic heterocycles. The van der Waals surface area contributed by atoms with Gasteiger partial charge in [0, 0.05) is 19.1 Å². The van der Waals surface area contributed by atoms with Crippen LogP contribution in [0.4, 0.5) is 11.4 Å². The van der Waals surface area contributed by atoms with Crippen LogP contribution >= 0.6 is 0 Å². The molecule has 2 unspecified atom stereocenters. The number of nitrogens with one attached hydrogen (secondary N) is 1. The van der Waals surface area contributed by atoms with Gasteiger partial charge in [0.1, 0.15) is 5.75 Å². The lowest BCUT2D eigenvalue weighted by molar-refractivity contribution is 0.108. The first kappa shape index (κ1) is 12.0. The van der Waals surface area contributed by atoms with Gasteiger partial charge in [-0.15, -0.1) is 0 Å². The van der Waals surface area contributed by atoms with Crippen LogP contribution in [-0.2, 0) is 4.74 Å². The van der Waals surface area contributed by atoms with E-state index >= 15 is 0 Å². The summed E-state index contributed by atoms with van der Waals surface area (Å²) in [5.41, 5.74) is 7.60. The van der Waals surface area contributed by atoms with Gasteiger partial charge in [0.15, 0.2) is 0 Å². The Bertz CT molecular complexity index is 382. The Morgan fingerprint density at radius 1 is 1.53 bits per heavy atom. The molecule has 1 aliphatic rings. The maximum atomic E-state index is 5.99. The van der Waals surface area contributed by atoms with Gasteiger partial charge in [-0.05, 0) is 25.5 Å². The van der Waals surface area contributed by atoms with E-state index in [1.54, 1.807) is 7.11 Å². The average Bonchev–Trinajstić information content (AvgIpc) is 2.74. The summed E-state index contributed by atoms with van der Waals surface area (Å²) in [6.07, 6.45) is 1.44. The summed E-state index contributed by atoms with van der Waals surface area (Å²) in [5.74, 6) is 1.27. The molecule has 1 fully saturated rings. The lowest BCUT2D eigenvalue weighted by atomic mass is 10.0. The van der Waals surface area contributed by atoms with Crippen molar-refractivity contribution in [2.24, 2.45) is 5.92 Å². The smallest absolute Gasteiger partial charge is 0.143 e. The van der Waals surface area contributed by atoms with Crippen molar-refractivity contribution >= 4 is 11.4 Å².